The minimum absolute atomic E-state index is 0.179. The van der Waals surface area contributed by atoms with E-state index in [1.165, 1.54) is 11.8 Å². The van der Waals surface area contributed by atoms with Crippen molar-refractivity contribution in [2.45, 2.75) is 16.3 Å². The van der Waals surface area contributed by atoms with Crippen molar-refractivity contribution < 1.29 is 9.59 Å². The highest BCUT2D eigenvalue weighted by molar-refractivity contribution is 7.99. The molecular weight excluding hydrogens is 438 g/mol. The molecule has 0 radical (unpaired) electrons. The van der Waals surface area contributed by atoms with Gasteiger partial charge in [0.15, 0.2) is 5.82 Å². The maximum absolute atomic E-state index is 12.7. The SMILES string of the molecule is Nc1ncc(-c2ncc(CNC(=O)c3ccc4c(c3)NC(=O)c3ccccc3S4)cn2)cn1. The van der Waals surface area contributed by atoms with E-state index in [2.05, 4.69) is 30.6 Å². The number of nitrogen functional groups attached to an aromatic ring is 1. The van der Waals surface area contributed by atoms with Crippen LogP contribution in [0.25, 0.3) is 11.4 Å². The molecule has 0 fully saturated rings. The van der Waals surface area contributed by atoms with E-state index in [1.54, 1.807) is 43.0 Å². The first-order valence-corrected chi connectivity index (χ1v) is 10.8. The molecule has 4 aromatic rings. The molecule has 3 heterocycles. The Labute approximate surface area is 192 Å². The van der Waals surface area contributed by atoms with E-state index >= 15 is 0 Å². The molecule has 2 aromatic heterocycles. The van der Waals surface area contributed by atoms with Crippen molar-refractivity contribution in [2.24, 2.45) is 0 Å². The number of benzene rings is 2. The van der Waals surface area contributed by atoms with Crippen molar-refractivity contribution in [1.82, 2.24) is 25.3 Å². The molecule has 1 aliphatic heterocycles. The van der Waals surface area contributed by atoms with Gasteiger partial charge >= 0.3 is 0 Å². The van der Waals surface area contributed by atoms with Gasteiger partial charge in [0.2, 0.25) is 5.95 Å². The van der Waals surface area contributed by atoms with Gasteiger partial charge in [-0.3, -0.25) is 9.59 Å². The van der Waals surface area contributed by atoms with Gasteiger partial charge in [0.25, 0.3) is 11.8 Å². The average molecular weight is 456 g/mol. The Hall–Kier alpha value is -4.31. The molecule has 33 heavy (non-hydrogen) atoms. The molecular formula is C23H17N7O2S. The summed E-state index contributed by atoms with van der Waals surface area (Å²) < 4.78 is 0. The highest BCUT2D eigenvalue weighted by atomic mass is 32.2. The van der Waals surface area contributed by atoms with E-state index in [1.807, 2.05) is 24.3 Å². The second-order valence-electron chi connectivity index (χ2n) is 7.19. The number of carbonyl (C=O) groups is 2. The summed E-state index contributed by atoms with van der Waals surface area (Å²) in [7, 11) is 0. The van der Waals surface area contributed by atoms with Gasteiger partial charge < -0.3 is 16.4 Å². The van der Waals surface area contributed by atoms with Gasteiger partial charge in [0.05, 0.1) is 16.8 Å². The summed E-state index contributed by atoms with van der Waals surface area (Å²) in [6.45, 7) is 0.251. The van der Waals surface area contributed by atoms with Crippen LogP contribution >= 0.6 is 11.8 Å². The van der Waals surface area contributed by atoms with Crippen LogP contribution in [0.2, 0.25) is 0 Å². The predicted octanol–water partition coefficient (Wildman–Crippen LogP) is 3.16. The third-order valence-corrected chi connectivity index (χ3v) is 6.08. The molecule has 2 amide bonds. The largest absolute Gasteiger partial charge is 0.368 e. The first kappa shape index (κ1) is 20.6. The number of nitrogens with one attached hydrogen (secondary N) is 2. The Morgan fingerprint density at radius 2 is 1.73 bits per heavy atom. The minimum Gasteiger partial charge on any atom is -0.368 e. The molecule has 2 aromatic carbocycles. The average Bonchev–Trinajstić information content (AvgIpc) is 2.98. The monoisotopic (exact) mass is 455 g/mol. The zero-order chi connectivity index (χ0) is 22.8. The van der Waals surface area contributed by atoms with Crippen molar-refractivity contribution in [3.8, 4) is 11.4 Å². The molecule has 4 N–H and O–H groups in total. The standard InChI is InChI=1S/C23H17N7O2S/c24-23-28-11-15(12-29-23)20-25-8-13(9-26-20)10-27-21(31)14-5-6-19-17(7-14)30-22(32)16-3-1-2-4-18(16)33-19/h1-9,11-12H,10H2,(H,27,31)(H,30,32)(H2,24,28,29). The van der Waals surface area contributed by atoms with E-state index in [4.69, 9.17) is 5.73 Å². The zero-order valence-electron chi connectivity index (χ0n) is 17.1. The van der Waals surface area contributed by atoms with E-state index in [9.17, 15) is 9.59 Å². The fourth-order valence-electron chi connectivity index (χ4n) is 3.24. The smallest absolute Gasteiger partial charge is 0.256 e. The summed E-state index contributed by atoms with van der Waals surface area (Å²) >= 11 is 1.49. The van der Waals surface area contributed by atoms with Crippen molar-refractivity contribution in [2.75, 3.05) is 11.1 Å². The van der Waals surface area contributed by atoms with Gasteiger partial charge in [-0.25, -0.2) is 19.9 Å². The molecule has 0 unspecified atom stereocenters. The number of rotatable bonds is 4. The van der Waals surface area contributed by atoms with Crippen LogP contribution in [0.1, 0.15) is 26.3 Å². The lowest BCUT2D eigenvalue weighted by Gasteiger charge is -2.10. The lowest BCUT2D eigenvalue weighted by molar-refractivity contribution is 0.0949. The molecule has 0 saturated carbocycles. The van der Waals surface area contributed by atoms with Crippen molar-refractivity contribution >= 4 is 35.2 Å². The highest BCUT2D eigenvalue weighted by Gasteiger charge is 2.20. The van der Waals surface area contributed by atoms with Crippen LogP contribution in [-0.4, -0.2) is 31.8 Å². The number of carbonyl (C=O) groups excluding carboxylic acids is 2. The molecule has 10 heteroatoms. The number of aromatic nitrogens is 4. The first-order valence-electron chi connectivity index (χ1n) is 9.96. The number of fused-ring (bicyclic) bond motifs is 2. The summed E-state index contributed by atoms with van der Waals surface area (Å²) in [6, 6.07) is 12.7. The molecule has 0 aliphatic carbocycles. The number of hydrogen-bond donors (Lipinski definition) is 3. The molecule has 0 spiro atoms. The normalized spacial score (nSPS) is 12.2. The quantitative estimate of drug-likeness (QED) is 0.427. The number of nitrogens with zero attached hydrogens (tertiary/aromatic N) is 4. The molecule has 162 valence electrons. The van der Waals surface area contributed by atoms with Crippen LogP contribution in [-0.2, 0) is 6.54 Å². The van der Waals surface area contributed by atoms with Crippen LogP contribution < -0.4 is 16.4 Å². The Kier molecular flexibility index (Phi) is 5.41. The van der Waals surface area contributed by atoms with Gasteiger partial charge in [-0.15, -0.1) is 0 Å². The van der Waals surface area contributed by atoms with Crippen LogP contribution in [0.15, 0.2) is 77.0 Å². The molecule has 0 atom stereocenters. The van der Waals surface area contributed by atoms with E-state index < -0.39 is 0 Å². The Bertz CT molecular complexity index is 1360. The van der Waals surface area contributed by atoms with Gasteiger partial charge in [0.1, 0.15) is 0 Å². The Balaban J connectivity index is 1.27. The number of amides is 2. The maximum Gasteiger partial charge on any atom is 0.256 e. The van der Waals surface area contributed by atoms with Crippen LogP contribution in [0, 0.1) is 0 Å². The van der Waals surface area contributed by atoms with Gasteiger partial charge in [-0.1, -0.05) is 23.9 Å². The Morgan fingerprint density at radius 3 is 2.52 bits per heavy atom. The van der Waals surface area contributed by atoms with Gasteiger partial charge in [-0.2, -0.15) is 0 Å². The van der Waals surface area contributed by atoms with E-state index in [-0.39, 0.29) is 24.3 Å². The topological polar surface area (TPSA) is 136 Å². The lowest BCUT2D eigenvalue weighted by Crippen LogP contribution is -2.23. The third-order valence-electron chi connectivity index (χ3n) is 4.93. The van der Waals surface area contributed by atoms with Crippen LogP contribution in [0.4, 0.5) is 11.6 Å². The van der Waals surface area contributed by atoms with Crippen molar-refractivity contribution in [1.29, 1.82) is 0 Å². The van der Waals surface area contributed by atoms with Crippen LogP contribution in [0.5, 0.6) is 0 Å². The number of nitrogens with two attached hydrogens (primary N) is 1. The summed E-state index contributed by atoms with van der Waals surface area (Å²) in [5.74, 6) is 0.177. The number of anilines is 2. The summed E-state index contributed by atoms with van der Waals surface area (Å²) in [6.07, 6.45) is 6.36. The summed E-state index contributed by atoms with van der Waals surface area (Å²) in [5, 5.41) is 5.75. The second-order valence-corrected chi connectivity index (χ2v) is 8.27. The molecule has 5 rings (SSSR count). The minimum atomic E-state index is -0.269. The van der Waals surface area contributed by atoms with E-state index in [0.717, 1.165) is 15.4 Å². The molecule has 9 nitrogen and oxygen atoms in total. The molecule has 0 saturated heterocycles. The second kappa shape index (κ2) is 8.67. The highest BCUT2D eigenvalue weighted by Crippen LogP contribution is 2.38. The Morgan fingerprint density at radius 1 is 0.970 bits per heavy atom. The van der Waals surface area contributed by atoms with Crippen molar-refractivity contribution in [3.63, 3.8) is 0 Å². The predicted molar refractivity (Wildman–Crippen MR) is 124 cm³/mol. The maximum atomic E-state index is 12.7. The molecule has 0 bridgehead atoms. The fraction of sp³-hybridized carbons (Fsp3) is 0.0435. The van der Waals surface area contributed by atoms with Gasteiger partial charge in [-0.05, 0) is 30.3 Å². The van der Waals surface area contributed by atoms with Gasteiger partial charge in [0, 0.05) is 52.3 Å². The lowest BCUT2D eigenvalue weighted by atomic mass is 10.1. The van der Waals surface area contributed by atoms with Crippen LogP contribution in [0.3, 0.4) is 0 Å². The summed E-state index contributed by atoms with van der Waals surface area (Å²) in [4.78, 5) is 43.4. The molecule has 1 aliphatic rings. The fourth-order valence-corrected chi connectivity index (χ4v) is 4.25. The van der Waals surface area contributed by atoms with E-state index in [0.29, 0.717) is 28.2 Å². The first-order chi connectivity index (χ1) is 16.1. The van der Waals surface area contributed by atoms with Crippen molar-refractivity contribution in [3.05, 3.63) is 83.9 Å². The zero-order valence-corrected chi connectivity index (χ0v) is 18.0. The summed E-state index contributed by atoms with van der Waals surface area (Å²) in [5.41, 5.74) is 8.53. The number of hydrogen-bond acceptors (Lipinski definition) is 8. The third kappa shape index (κ3) is 4.37.